The molecule has 0 aliphatic carbocycles. The van der Waals surface area contributed by atoms with Crippen molar-refractivity contribution in [2.75, 3.05) is 5.75 Å². The Morgan fingerprint density at radius 3 is 2.71 bits per heavy atom. The average Bonchev–Trinajstić information content (AvgIpc) is 2.44. The molecule has 0 atom stereocenters. The summed E-state index contributed by atoms with van der Waals surface area (Å²) in [7, 11) is 0. The Morgan fingerprint density at radius 1 is 1.21 bits per heavy atom. The first-order valence-corrected chi connectivity index (χ1v) is 4.95. The van der Waals surface area contributed by atoms with Gasteiger partial charge in [-0.2, -0.15) is 12.6 Å². The van der Waals surface area contributed by atoms with E-state index in [0.29, 0.717) is 23.3 Å². The van der Waals surface area contributed by atoms with Gasteiger partial charge in [-0.15, -0.1) is 0 Å². The Bertz CT molecular complexity index is 415. The van der Waals surface area contributed by atoms with Crippen molar-refractivity contribution in [2.45, 2.75) is 6.42 Å². The molecule has 1 N–H and O–H groups in total. The summed E-state index contributed by atoms with van der Waals surface area (Å²) in [4.78, 5) is 22.7. The molecule has 2 rings (SSSR count). The van der Waals surface area contributed by atoms with Crippen molar-refractivity contribution in [2.24, 2.45) is 0 Å². The van der Waals surface area contributed by atoms with Crippen LogP contribution < -0.4 is 5.32 Å². The van der Waals surface area contributed by atoms with Crippen LogP contribution in [0.5, 0.6) is 0 Å². The van der Waals surface area contributed by atoms with Crippen LogP contribution in [0.25, 0.3) is 0 Å². The first kappa shape index (κ1) is 9.27. The van der Waals surface area contributed by atoms with Gasteiger partial charge in [0.1, 0.15) is 0 Å². The first-order chi connectivity index (χ1) is 6.74. The predicted octanol–water partition coefficient (Wildman–Crippen LogP) is 1.04. The van der Waals surface area contributed by atoms with Crippen molar-refractivity contribution in [1.29, 1.82) is 0 Å². The van der Waals surface area contributed by atoms with E-state index in [9.17, 15) is 9.59 Å². The number of hydrogen-bond acceptors (Lipinski definition) is 3. The lowest BCUT2D eigenvalue weighted by molar-refractivity contribution is 0.0879. The van der Waals surface area contributed by atoms with E-state index in [1.165, 1.54) is 0 Å². The lowest BCUT2D eigenvalue weighted by Crippen LogP contribution is -2.20. The molecule has 0 saturated carbocycles. The fourth-order valence-corrected chi connectivity index (χ4v) is 1.86. The molecule has 0 radical (unpaired) electrons. The molecule has 0 unspecified atom stereocenters. The van der Waals surface area contributed by atoms with Crippen molar-refractivity contribution < 1.29 is 9.59 Å². The highest BCUT2D eigenvalue weighted by Crippen LogP contribution is 2.20. The monoisotopic (exact) mass is 207 g/mol. The van der Waals surface area contributed by atoms with Crippen LogP contribution in [0, 0.1) is 0 Å². The van der Waals surface area contributed by atoms with Gasteiger partial charge >= 0.3 is 0 Å². The van der Waals surface area contributed by atoms with Crippen LogP contribution in [0.4, 0.5) is 0 Å². The third-order valence-corrected chi connectivity index (χ3v) is 2.45. The van der Waals surface area contributed by atoms with Gasteiger partial charge in [0, 0.05) is 0 Å². The minimum Gasteiger partial charge on any atom is -0.288 e. The molecule has 0 spiro atoms. The summed E-state index contributed by atoms with van der Waals surface area (Å²) in [6.07, 6.45) is 0.701. The molecule has 1 aromatic carbocycles. The van der Waals surface area contributed by atoms with Crippen molar-refractivity contribution in [1.82, 2.24) is 5.32 Å². The van der Waals surface area contributed by atoms with Gasteiger partial charge in [-0.1, -0.05) is 12.1 Å². The highest BCUT2D eigenvalue weighted by molar-refractivity contribution is 7.80. The molecule has 0 fully saturated rings. The third kappa shape index (κ3) is 1.32. The number of nitrogens with one attached hydrogen (secondary N) is 1. The Balaban J connectivity index is 2.56. The number of aryl methyl sites for hydroxylation is 1. The summed E-state index contributed by atoms with van der Waals surface area (Å²) < 4.78 is 0. The van der Waals surface area contributed by atoms with E-state index < -0.39 is 0 Å². The summed E-state index contributed by atoms with van der Waals surface area (Å²) in [6, 6.07) is 5.31. The van der Waals surface area contributed by atoms with E-state index >= 15 is 0 Å². The Morgan fingerprint density at radius 2 is 2.00 bits per heavy atom. The van der Waals surface area contributed by atoms with Gasteiger partial charge in [0.2, 0.25) is 0 Å². The van der Waals surface area contributed by atoms with Crippen molar-refractivity contribution in [3.8, 4) is 0 Å². The van der Waals surface area contributed by atoms with Crippen LogP contribution in [0.3, 0.4) is 0 Å². The SMILES string of the molecule is O=C1NC(=O)c2c(CCS)cccc21. The van der Waals surface area contributed by atoms with Crippen molar-refractivity contribution >= 4 is 24.4 Å². The maximum Gasteiger partial charge on any atom is 0.259 e. The maximum absolute atomic E-state index is 11.4. The lowest BCUT2D eigenvalue weighted by atomic mass is 10.0. The maximum atomic E-state index is 11.4. The summed E-state index contributed by atoms with van der Waals surface area (Å²) in [6.45, 7) is 0. The molecule has 1 aromatic rings. The van der Waals surface area contributed by atoms with Gasteiger partial charge in [-0.05, 0) is 23.8 Å². The third-order valence-electron chi connectivity index (χ3n) is 2.23. The Labute approximate surface area is 86.9 Å². The summed E-state index contributed by atoms with van der Waals surface area (Å²) in [5.74, 6) is 0.0752. The van der Waals surface area contributed by atoms with E-state index in [1.807, 2.05) is 6.07 Å². The topological polar surface area (TPSA) is 46.2 Å². The first-order valence-electron chi connectivity index (χ1n) is 4.32. The normalized spacial score (nSPS) is 14.1. The van der Waals surface area contributed by atoms with Crippen LogP contribution in [0.2, 0.25) is 0 Å². The van der Waals surface area contributed by atoms with Crippen LogP contribution in [-0.4, -0.2) is 17.6 Å². The Kier molecular flexibility index (Phi) is 2.29. The number of carbonyl (C=O) groups excluding carboxylic acids is 2. The van der Waals surface area contributed by atoms with Gasteiger partial charge in [-0.3, -0.25) is 14.9 Å². The number of imide groups is 1. The van der Waals surface area contributed by atoms with Crippen LogP contribution in [0.15, 0.2) is 18.2 Å². The van der Waals surface area contributed by atoms with Crippen LogP contribution in [0.1, 0.15) is 26.3 Å². The molecule has 1 aliphatic heterocycles. The molecule has 1 aliphatic rings. The number of fused-ring (bicyclic) bond motifs is 1. The van der Waals surface area contributed by atoms with Crippen LogP contribution in [-0.2, 0) is 6.42 Å². The largest absolute Gasteiger partial charge is 0.288 e. The second-order valence-corrected chi connectivity index (χ2v) is 3.54. The molecule has 0 bridgehead atoms. The van der Waals surface area contributed by atoms with Gasteiger partial charge in [0.25, 0.3) is 11.8 Å². The van der Waals surface area contributed by atoms with Gasteiger partial charge in [0.05, 0.1) is 11.1 Å². The zero-order chi connectivity index (χ0) is 10.1. The molecule has 14 heavy (non-hydrogen) atoms. The fourth-order valence-electron chi connectivity index (χ4n) is 1.62. The number of amides is 2. The minimum atomic E-state index is -0.300. The summed E-state index contributed by atoms with van der Waals surface area (Å²) in [5.41, 5.74) is 1.89. The zero-order valence-electron chi connectivity index (χ0n) is 7.41. The predicted molar refractivity (Wildman–Crippen MR) is 55.8 cm³/mol. The van der Waals surface area contributed by atoms with E-state index in [1.54, 1.807) is 12.1 Å². The van der Waals surface area contributed by atoms with E-state index in [-0.39, 0.29) is 11.8 Å². The number of hydrogen-bond donors (Lipinski definition) is 2. The van der Waals surface area contributed by atoms with E-state index in [4.69, 9.17) is 0 Å². The van der Waals surface area contributed by atoms with Crippen molar-refractivity contribution in [3.63, 3.8) is 0 Å². The molecule has 0 saturated heterocycles. The summed E-state index contributed by atoms with van der Waals surface area (Å²) >= 11 is 4.11. The highest BCUT2D eigenvalue weighted by atomic mass is 32.1. The fraction of sp³-hybridized carbons (Fsp3) is 0.200. The average molecular weight is 207 g/mol. The number of benzene rings is 1. The molecule has 2 amide bonds. The molecule has 72 valence electrons. The highest BCUT2D eigenvalue weighted by Gasteiger charge is 2.28. The van der Waals surface area contributed by atoms with Crippen molar-refractivity contribution in [3.05, 3.63) is 34.9 Å². The van der Waals surface area contributed by atoms with E-state index in [2.05, 4.69) is 17.9 Å². The van der Waals surface area contributed by atoms with Gasteiger partial charge in [-0.25, -0.2) is 0 Å². The number of rotatable bonds is 2. The van der Waals surface area contributed by atoms with E-state index in [0.717, 1.165) is 5.56 Å². The smallest absolute Gasteiger partial charge is 0.259 e. The quantitative estimate of drug-likeness (QED) is 0.562. The lowest BCUT2D eigenvalue weighted by Gasteiger charge is -2.02. The molecule has 0 aromatic heterocycles. The Hall–Kier alpha value is -1.29. The number of carbonyl (C=O) groups is 2. The molecular formula is C10H9NO2S. The summed E-state index contributed by atoms with van der Waals surface area (Å²) in [5, 5.41) is 2.28. The zero-order valence-corrected chi connectivity index (χ0v) is 8.30. The molecule has 4 heteroatoms. The second kappa shape index (κ2) is 3.46. The van der Waals surface area contributed by atoms with Crippen LogP contribution >= 0.6 is 12.6 Å². The second-order valence-electron chi connectivity index (χ2n) is 3.10. The van der Waals surface area contributed by atoms with Gasteiger partial charge in [0.15, 0.2) is 0 Å². The molecule has 3 nitrogen and oxygen atoms in total. The molecular weight excluding hydrogens is 198 g/mol. The van der Waals surface area contributed by atoms with Gasteiger partial charge < -0.3 is 0 Å². The number of thiol groups is 1. The minimum absolute atomic E-state index is 0.289. The standard InChI is InChI=1S/C10H9NO2S/c12-9-7-3-1-2-6(4-5-14)8(7)10(13)11-9/h1-3,14H,4-5H2,(H,11,12,13). The molecule has 1 heterocycles.